The Labute approximate surface area is 250 Å². The number of ether oxygens (including phenoxy) is 3. The van der Waals surface area contributed by atoms with Crippen LogP contribution >= 0.6 is 34.7 Å². The Morgan fingerprint density at radius 3 is 2.39 bits per heavy atom. The Bertz CT molecular complexity index is 1410. The van der Waals surface area contributed by atoms with Gasteiger partial charge in [-0.15, -0.1) is 21.5 Å². The summed E-state index contributed by atoms with van der Waals surface area (Å²) in [6.07, 6.45) is 0. The van der Waals surface area contributed by atoms with Gasteiger partial charge in [-0.05, 0) is 57.5 Å². The van der Waals surface area contributed by atoms with E-state index < -0.39 is 23.1 Å². The van der Waals surface area contributed by atoms with Crippen molar-refractivity contribution >= 4 is 63.5 Å². The summed E-state index contributed by atoms with van der Waals surface area (Å²) >= 11 is 7.93. The predicted molar refractivity (Wildman–Crippen MR) is 155 cm³/mol. The predicted octanol–water partition coefficient (Wildman–Crippen LogP) is 4.01. The van der Waals surface area contributed by atoms with Gasteiger partial charge < -0.3 is 29.4 Å². The smallest absolute Gasteiger partial charge is 0.348 e. The highest BCUT2D eigenvalue weighted by Gasteiger charge is 2.29. The Morgan fingerprint density at radius 2 is 1.73 bits per heavy atom. The summed E-state index contributed by atoms with van der Waals surface area (Å²) in [5.41, 5.74) is 0.489. The molecule has 0 fully saturated rings. The van der Waals surface area contributed by atoms with Crippen LogP contribution in [0.5, 0.6) is 5.75 Å². The number of thioether (sulfide) groups is 1. The summed E-state index contributed by atoms with van der Waals surface area (Å²) in [7, 11) is 1.71. The van der Waals surface area contributed by atoms with E-state index in [1.807, 2.05) is 0 Å². The Morgan fingerprint density at radius 1 is 1.07 bits per heavy atom. The van der Waals surface area contributed by atoms with Crippen LogP contribution in [0.25, 0.3) is 0 Å². The third-order valence-corrected chi connectivity index (χ3v) is 8.10. The number of esters is 2. The molecular formula is C26H30ClN5O7S2. The van der Waals surface area contributed by atoms with Gasteiger partial charge in [0.1, 0.15) is 15.6 Å². The van der Waals surface area contributed by atoms with E-state index in [4.69, 9.17) is 25.8 Å². The molecule has 0 bridgehead atoms. The van der Waals surface area contributed by atoms with Crippen molar-refractivity contribution < 1.29 is 33.4 Å². The zero-order valence-corrected chi connectivity index (χ0v) is 25.5. The summed E-state index contributed by atoms with van der Waals surface area (Å²) in [4.78, 5) is 50.5. The van der Waals surface area contributed by atoms with Crippen molar-refractivity contribution in [2.75, 3.05) is 25.1 Å². The summed E-state index contributed by atoms with van der Waals surface area (Å²) in [6, 6.07) is 6.65. The first kappa shape index (κ1) is 31.9. The first-order chi connectivity index (χ1) is 19.5. The maximum absolute atomic E-state index is 13.1. The van der Waals surface area contributed by atoms with Gasteiger partial charge in [0.2, 0.25) is 5.91 Å². The summed E-state index contributed by atoms with van der Waals surface area (Å²) in [5.74, 6) is -1.02. The summed E-state index contributed by atoms with van der Waals surface area (Å²) < 4.78 is 17.3. The van der Waals surface area contributed by atoms with Crippen molar-refractivity contribution in [3.63, 3.8) is 0 Å². The lowest BCUT2D eigenvalue weighted by molar-refractivity contribution is -0.123. The molecular weight excluding hydrogens is 594 g/mol. The number of thiophene rings is 1. The third kappa shape index (κ3) is 8.44. The average molecular weight is 624 g/mol. The van der Waals surface area contributed by atoms with E-state index in [1.54, 1.807) is 63.6 Å². The van der Waals surface area contributed by atoms with Gasteiger partial charge in [0.15, 0.2) is 17.6 Å². The second-order valence-electron chi connectivity index (χ2n) is 8.43. The second kappa shape index (κ2) is 14.8. The van der Waals surface area contributed by atoms with Crippen LogP contribution in [0.1, 0.15) is 52.2 Å². The molecule has 41 heavy (non-hydrogen) atoms. The molecule has 2 heterocycles. The van der Waals surface area contributed by atoms with E-state index in [2.05, 4.69) is 20.8 Å². The van der Waals surface area contributed by atoms with E-state index in [-0.39, 0.29) is 47.7 Å². The average Bonchev–Trinajstić information content (AvgIpc) is 3.45. The quantitative estimate of drug-likeness (QED) is 0.211. The normalized spacial score (nSPS) is 11.5. The zero-order valence-electron chi connectivity index (χ0n) is 23.1. The molecule has 12 nitrogen and oxygen atoms in total. The molecule has 0 aliphatic rings. The van der Waals surface area contributed by atoms with Crippen molar-refractivity contribution in [2.24, 2.45) is 7.05 Å². The highest BCUT2D eigenvalue weighted by molar-refractivity contribution is 8.00. The van der Waals surface area contributed by atoms with Gasteiger partial charge in [-0.2, -0.15) is 0 Å². The molecule has 1 aromatic carbocycles. The maximum Gasteiger partial charge on any atom is 0.348 e. The standard InChI is InChI=1S/C26H30ClN5O7S2/c1-6-37-24(35)20-14(3)21(25(36)38-7-2)41-23(20)29-22(34)15(4)40-26-31-30-18(32(26)5)12-28-19(33)13-39-17-10-8-16(27)9-11-17/h8-11,15H,6-7,12-13H2,1-5H3,(H,28,33)(H,29,34)/t15-/m0/s1. The van der Waals surface area contributed by atoms with Crippen LogP contribution in [0.3, 0.4) is 0 Å². The molecule has 1 atom stereocenters. The van der Waals surface area contributed by atoms with Crippen LogP contribution in [-0.4, -0.2) is 63.6 Å². The fourth-order valence-electron chi connectivity index (χ4n) is 3.38. The molecule has 3 rings (SSSR count). The topological polar surface area (TPSA) is 151 Å². The first-order valence-corrected chi connectivity index (χ1v) is 14.6. The molecule has 2 amide bonds. The molecule has 0 radical (unpaired) electrons. The zero-order chi connectivity index (χ0) is 30.1. The van der Waals surface area contributed by atoms with Crippen LogP contribution < -0.4 is 15.4 Å². The molecule has 3 aromatic rings. The second-order valence-corrected chi connectivity index (χ2v) is 11.2. The third-order valence-electron chi connectivity index (χ3n) is 5.53. The number of nitrogens with zero attached hydrogens (tertiary/aromatic N) is 3. The fraction of sp³-hybridized carbons (Fsp3) is 0.385. The molecule has 0 saturated carbocycles. The van der Waals surface area contributed by atoms with E-state index in [0.717, 1.165) is 23.1 Å². The minimum atomic E-state index is -0.656. The van der Waals surface area contributed by atoms with Crippen molar-refractivity contribution in [2.45, 2.75) is 44.6 Å². The number of hydrogen-bond donors (Lipinski definition) is 2. The number of carbonyl (C=O) groups is 4. The largest absolute Gasteiger partial charge is 0.484 e. The van der Waals surface area contributed by atoms with Crippen molar-refractivity contribution in [1.82, 2.24) is 20.1 Å². The number of amides is 2. The molecule has 0 saturated heterocycles. The van der Waals surface area contributed by atoms with Gasteiger partial charge in [0.25, 0.3) is 5.91 Å². The monoisotopic (exact) mass is 623 g/mol. The van der Waals surface area contributed by atoms with Gasteiger partial charge in [-0.25, -0.2) is 9.59 Å². The van der Waals surface area contributed by atoms with Gasteiger partial charge >= 0.3 is 11.9 Å². The lowest BCUT2D eigenvalue weighted by Gasteiger charge is -2.12. The molecule has 0 aliphatic carbocycles. The highest BCUT2D eigenvalue weighted by Crippen LogP contribution is 2.35. The van der Waals surface area contributed by atoms with E-state index in [9.17, 15) is 19.2 Å². The Balaban J connectivity index is 1.61. The minimum Gasteiger partial charge on any atom is -0.484 e. The Kier molecular flexibility index (Phi) is 11.6. The lowest BCUT2D eigenvalue weighted by Crippen LogP contribution is -2.29. The van der Waals surface area contributed by atoms with Gasteiger partial charge in [0.05, 0.1) is 30.6 Å². The van der Waals surface area contributed by atoms with Crippen molar-refractivity contribution in [3.05, 3.63) is 51.1 Å². The summed E-state index contributed by atoms with van der Waals surface area (Å²) in [6.45, 7) is 6.82. The number of aromatic nitrogens is 3. The molecule has 0 unspecified atom stereocenters. The van der Waals surface area contributed by atoms with Crippen LogP contribution in [0, 0.1) is 6.92 Å². The van der Waals surface area contributed by atoms with Crippen LogP contribution in [0.4, 0.5) is 5.00 Å². The van der Waals surface area contributed by atoms with Crippen molar-refractivity contribution in [3.8, 4) is 5.75 Å². The molecule has 15 heteroatoms. The number of hydrogen-bond acceptors (Lipinski definition) is 11. The number of halogens is 1. The number of anilines is 1. The molecule has 0 aliphatic heterocycles. The SMILES string of the molecule is CCOC(=O)c1sc(NC(=O)[C@H](C)Sc2nnc(CNC(=O)COc3ccc(Cl)cc3)n2C)c(C(=O)OCC)c1C. The van der Waals surface area contributed by atoms with E-state index >= 15 is 0 Å². The first-order valence-electron chi connectivity index (χ1n) is 12.5. The molecule has 2 N–H and O–H groups in total. The van der Waals surface area contributed by atoms with Crippen LogP contribution in [0.15, 0.2) is 29.4 Å². The number of nitrogens with one attached hydrogen (secondary N) is 2. The number of carbonyl (C=O) groups excluding carboxylic acids is 4. The molecule has 0 spiro atoms. The van der Waals surface area contributed by atoms with Gasteiger partial charge in [-0.3, -0.25) is 9.59 Å². The molecule has 220 valence electrons. The number of benzene rings is 1. The minimum absolute atomic E-state index is 0.0987. The number of rotatable bonds is 13. The Hall–Kier alpha value is -3.62. The lowest BCUT2D eigenvalue weighted by atomic mass is 10.1. The maximum atomic E-state index is 13.1. The van der Waals surface area contributed by atoms with Crippen LogP contribution in [-0.2, 0) is 32.7 Å². The van der Waals surface area contributed by atoms with Gasteiger partial charge in [0, 0.05) is 12.1 Å². The van der Waals surface area contributed by atoms with E-state index in [0.29, 0.717) is 27.3 Å². The fourth-order valence-corrected chi connectivity index (χ4v) is 5.43. The van der Waals surface area contributed by atoms with Crippen molar-refractivity contribution in [1.29, 1.82) is 0 Å². The molecule has 2 aromatic heterocycles. The highest BCUT2D eigenvalue weighted by atomic mass is 35.5. The van der Waals surface area contributed by atoms with E-state index in [1.165, 1.54) is 0 Å². The summed E-state index contributed by atoms with van der Waals surface area (Å²) in [5, 5.41) is 14.2. The van der Waals surface area contributed by atoms with Crippen LogP contribution in [0.2, 0.25) is 5.02 Å². The van der Waals surface area contributed by atoms with Gasteiger partial charge in [-0.1, -0.05) is 23.4 Å².